The van der Waals surface area contributed by atoms with Gasteiger partial charge in [0.05, 0.1) is 13.2 Å². The molecule has 1 aromatic heterocycles. The summed E-state index contributed by atoms with van der Waals surface area (Å²) in [5.74, 6) is 0.542. The summed E-state index contributed by atoms with van der Waals surface area (Å²) >= 11 is 0. The van der Waals surface area contributed by atoms with Crippen molar-refractivity contribution in [2.24, 2.45) is 5.92 Å². The number of morpholine rings is 1. The number of nitrogens with one attached hydrogen (secondary N) is 3. The minimum Gasteiger partial charge on any atom is -0.390 e. The fourth-order valence-corrected chi connectivity index (χ4v) is 3.72. The number of rotatable bonds is 10. The Kier molecular flexibility index (Phi) is 8.00. The van der Waals surface area contributed by atoms with Gasteiger partial charge < -0.3 is 20.8 Å². The number of hydrogen-bond acceptors (Lipinski definition) is 6. The number of carbonyl (C=O) groups is 1. The first-order valence-corrected chi connectivity index (χ1v) is 11.5. The maximum Gasteiger partial charge on any atom is 0.248 e. The molecule has 0 bridgehead atoms. The highest BCUT2D eigenvalue weighted by atomic mass is 16.5. The lowest BCUT2D eigenvalue weighted by atomic mass is 10.0. The summed E-state index contributed by atoms with van der Waals surface area (Å²) in [7, 11) is 0. The minimum absolute atomic E-state index is 0.210. The Morgan fingerprint density at radius 2 is 1.97 bits per heavy atom. The molecule has 0 unspecified atom stereocenters. The van der Waals surface area contributed by atoms with Crippen LogP contribution in [-0.4, -0.2) is 54.9 Å². The van der Waals surface area contributed by atoms with E-state index in [1.54, 1.807) is 18.5 Å². The summed E-state index contributed by atoms with van der Waals surface area (Å²) in [6, 6.07) is 9.81. The lowest BCUT2D eigenvalue weighted by Gasteiger charge is -2.26. The molecule has 2 fully saturated rings. The van der Waals surface area contributed by atoms with Gasteiger partial charge in [-0.25, -0.2) is 0 Å². The van der Waals surface area contributed by atoms with Crippen LogP contribution in [0.1, 0.15) is 29.5 Å². The van der Waals surface area contributed by atoms with Crippen LogP contribution in [0, 0.1) is 11.3 Å². The average molecular weight is 446 g/mol. The van der Waals surface area contributed by atoms with Crippen molar-refractivity contribution in [1.29, 1.82) is 5.41 Å². The fraction of sp³-hybridized carbons (Fsp3) is 0.346. The second kappa shape index (κ2) is 11.5. The molecule has 1 aliphatic heterocycles. The predicted octanol–water partition coefficient (Wildman–Crippen LogP) is 3.56. The van der Waals surface area contributed by atoms with Crippen molar-refractivity contribution in [3.8, 4) is 0 Å². The number of aromatic nitrogens is 1. The standard InChI is InChI=1S/C26H31N5O2/c27-15-23(18-29-16-20-1-2-20)25-9-10-28-17-22(25)5-8-26(32)30-24-6-3-21(4-7-24)19-31-11-13-33-14-12-31/h3-10,15,17-18,20,27,29H,1-2,11-14,16,19H2,(H,30,32)/b8-5+,23-18+,27-15?. The van der Waals surface area contributed by atoms with Crippen LogP contribution in [0.15, 0.2) is 55.0 Å². The molecule has 1 aromatic carbocycles. The Balaban J connectivity index is 1.35. The lowest BCUT2D eigenvalue weighted by Crippen LogP contribution is -2.35. The highest BCUT2D eigenvalue weighted by Crippen LogP contribution is 2.27. The molecule has 1 saturated carbocycles. The van der Waals surface area contributed by atoms with Crippen LogP contribution in [0.3, 0.4) is 0 Å². The molecular weight excluding hydrogens is 414 g/mol. The zero-order valence-electron chi connectivity index (χ0n) is 18.8. The number of anilines is 1. The largest absolute Gasteiger partial charge is 0.390 e. The number of benzene rings is 1. The maximum atomic E-state index is 12.5. The van der Waals surface area contributed by atoms with Crippen molar-refractivity contribution >= 4 is 29.5 Å². The molecule has 4 rings (SSSR count). The first kappa shape index (κ1) is 22.9. The van der Waals surface area contributed by atoms with E-state index in [4.69, 9.17) is 10.1 Å². The van der Waals surface area contributed by atoms with Gasteiger partial charge in [-0.2, -0.15) is 0 Å². The second-order valence-electron chi connectivity index (χ2n) is 8.47. The van der Waals surface area contributed by atoms with Gasteiger partial charge in [-0.1, -0.05) is 12.1 Å². The quantitative estimate of drug-likeness (QED) is 0.384. The van der Waals surface area contributed by atoms with Crippen molar-refractivity contribution in [2.75, 3.05) is 38.2 Å². The molecule has 0 spiro atoms. The molecule has 2 aromatic rings. The van der Waals surface area contributed by atoms with Crippen LogP contribution in [-0.2, 0) is 16.1 Å². The fourth-order valence-electron chi connectivity index (χ4n) is 3.72. The average Bonchev–Trinajstić information content (AvgIpc) is 3.67. The van der Waals surface area contributed by atoms with Crippen molar-refractivity contribution in [1.82, 2.24) is 15.2 Å². The molecule has 1 amide bonds. The first-order chi connectivity index (χ1) is 16.2. The van der Waals surface area contributed by atoms with E-state index in [2.05, 4.69) is 20.5 Å². The van der Waals surface area contributed by atoms with E-state index < -0.39 is 0 Å². The molecule has 7 nitrogen and oxygen atoms in total. The highest BCUT2D eigenvalue weighted by molar-refractivity contribution is 6.10. The number of hydrogen-bond donors (Lipinski definition) is 3. The van der Waals surface area contributed by atoms with Gasteiger partial charge in [0, 0.05) is 73.9 Å². The van der Waals surface area contributed by atoms with E-state index in [-0.39, 0.29) is 5.91 Å². The summed E-state index contributed by atoms with van der Waals surface area (Å²) in [5.41, 5.74) is 4.38. The van der Waals surface area contributed by atoms with Gasteiger partial charge >= 0.3 is 0 Å². The van der Waals surface area contributed by atoms with Crippen LogP contribution in [0.2, 0.25) is 0 Å². The molecule has 0 atom stereocenters. The second-order valence-corrected chi connectivity index (χ2v) is 8.47. The zero-order chi connectivity index (χ0) is 22.9. The van der Waals surface area contributed by atoms with Gasteiger partial charge in [0.25, 0.3) is 0 Å². The molecule has 2 aliphatic rings. The molecule has 33 heavy (non-hydrogen) atoms. The molecular formula is C26H31N5O2. The van der Waals surface area contributed by atoms with Crippen LogP contribution in [0.4, 0.5) is 5.69 Å². The molecule has 1 saturated heterocycles. The molecule has 0 radical (unpaired) electrons. The molecule has 1 aliphatic carbocycles. The van der Waals surface area contributed by atoms with Crippen molar-refractivity contribution in [2.45, 2.75) is 19.4 Å². The van der Waals surface area contributed by atoms with E-state index in [0.717, 1.165) is 67.7 Å². The van der Waals surface area contributed by atoms with Crippen LogP contribution in [0.25, 0.3) is 11.6 Å². The van der Waals surface area contributed by atoms with Gasteiger partial charge in [-0.15, -0.1) is 0 Å². The van der Waals surface area contributed by atoms with E-state index >= 15 is 0 Å². The SMILES string of the molecule is N=C/C(=C\NCC1CC1)c1ccncc1/C=C/C(=O)Nc1ccc(CN2CCOCC2)cc1. The van der Waals surface area contributed by atoms with E-state index in [9.17, 15) is 4.79 Å². The Hall–Kier alpha value is -3.29. The summed E-state index contributed by atoms with van der Waals surface area (Å²) in [6.07, 6.45) is 12.4. The maximum absolute atomic E-state index is 12.5. The Morgan fingerprint density at radius 3 is 2.70 bits per heavy atom. The third kappa shape index (κ3) is 7.10. The predicted molar refractivity (Wildman–Crippen MR) is 132 cm³/mol. The molecule has 7 heteroatoms. The minimum atomic E-state index is -0.210. The molecule has 3 N–H and O–H groups in total. The zero-order valence-corrected chi connectivity index (χ0v) is 18.8. The normalized spacial score (nSPS) is 17.2. The highest BCUT2D eigenvalue weighted by Gasteiger charge is 2.20. The van der Waals surface area contributed by atoms with Crippen molar-refractivity contribution < 1.29 is 9.53 Å². The monoisotopic (exact) mass is 445 g/mol. The van der Waals surface area contributed by atoms with Crippen LogP contribution < -0.4 is 10.6 Å². The number of pyridine rings is 1. The summed E-state index contributed by atoms with van der Waals surface area (Å²) in [4.78, 5) is 19.0. The van der Waals surface area contributed by atoms with Gasteiger partial charge in [0.15, 0.2) is 0 Å². The van der Waals surface area contributed by atoms with E-state index in [1.807, 2.05) is 36.5 Å². The number of allylic oxidation sites excluding steroid dienone is 1. The van der Waals surface area contributed by atoms with Crippen LogP contribution >= 0.6 is 0 Å². The van der Waals surface area contributed by atoms with E-state index in [1.165, 1.54) is 30.7 Å². The van der Waals surface area contributed by atoms with Crippen molar-refractivity contribution in [3.05, 3.63) is 71.7 Å². The topological polar surface area (TPSA) is 90.3 Å². The van der Waals surface area contributed by atoms with E-state index in [0.29, 0.717) is 0 Å². The third-order valence-electron chi connectivity index (χ3n) is 5.83. The summed E-state index contributed by atoms with van der Waals surface area (Å²) in [5, 5.41) is 14.0. The van der Waals surface area contributed by atoms with Gasteiger partial charge in [0.2, 0.25) is 5.91 Å². The Morgan fingerprint density at radius 1 is 1.18 bits per heavy atom. The molecule has 172 valence electrons. The lowest BCUT2D eigenvalue weighted by molar-refractivity contribution is -0.111. The number of carbonyl (C=O) groups excluding carboxylic acids is 1. The first-order valence-electron chi connectivity index (χ1n) is 11.5. The smallest absolute Gasteiger partial charge is 0.248 e. The third-order valence-corrected chi connectivity index (χ3v) is 5.83. The summed E-state index contributed by atoms with van der Waals surface area (Å²) in [6.45, 7) is 5.29. The van der Waals surface area contributed by atoms with Gasteiger partial charge in [-0.05, 0) is 54.2 Å². The number of nitrogens with zero attached hydrogens (tertiary/aromatic N) is 2. The Bertz CT molecular complexity index is 1010. The van der Waals surface area contributed by atoms with Crippen molar-refractivity contribution in [3.63, 3.8) is 0 Å². The van der Waals surface area contributed by atoms with Gasteiger partial charge in [0.1, 0.15) is 0 Å². The van der Waals surface area contributed by atoms with Crippen LogP contribution in [0.5, 0.6) is 0 Å². The number of amides is 1. The van der Waals surface area contributed by atoms with Gasteiger partial charge in [-0.3, -0.25) is 14.7 Å². The molecule has 2 heterocycles. The number of ether oxygens (including phenoxy) is 1. The summed E-state index contributed by atoms with van der Waals surface area (Å²) < 4.78 is 5.39. The Labute approximate surface area is 195 Å².